The van der Waals surface area contributed by atoms with Crippen LogP contribution in [0.25, 0.3) is 0 Å². The third kappa shape index (κ3) is 5.24. The molecule has 0 unspecified atom stereocenters. The van der Waals surface area contributed by atoms with Gasteiger partial charge in [0.2, 0.25) is 0 Å². The van der Waals surface area contributed by atoms with Crippen LogP contribution in [0.1, 0.15) is 16.7 Å². The molecular formula is C21H17Cl4NO. The molecule has 0 bridgehead atoms. The van der Waals surface area contributed by atoms with Gasteiger partial charge < -0.3 is 10.1 Å². The Kier molecular flexibility index (Phi) is 6.78. The number of aryl methyl sites for hydroxylation is 1. The third-order valence-corrected chi connectivity index (χ3v) is 5.22. The lowest BCUT2D eigenvalue weighted by Gasteiger charge is -2.14. The van der Waals surface area contributed by atoms with Gasteiger partial charge in [0.05, 0.1) is 10.0 Å². The molecule has 0 heterocycles. The molecule has 6 heteroatoms. The van der Waals surface area contributed by atoms with Crippen LogP contribution < -0.4 is 10.1 Å². The standard InChI is InChI=1S/C21H17Cl4NO/c1-13-4-2-3-5-20(13)26-11-14-8-18(24)21(19(25)9-14)27-12-15-6-7-16(22)10-17(15)23/h2-10,26H,11-12H2,1H3. The summed E-state index contributed by atoms with van der Waals surface area (Å²) in [7, 11) is 0. The molecule has 0 aliphatic carbocycles. The number of anilines is 1. The fourth-order valence-corrected chi connectivity index (χ4v) is 3.71. The molecule has 0 fully saturated rings. The van der Waals surface area contributed by atoms with Gasteiger partial charge in [0.15, 0.2) is 5.75 Å². The quantitative estimate of drug-likeness (QED) is 0.422. The second-order valence-corrected chi connectivity index (χ2v) is 7.74. The Morgan fingerprint density at radius 2 is 1.56 bits per heavy atom. The molecule has 1 N–H and O–H groups in total. The first-order valence-corrected chi connectivity index (χ1v) is 9.79. The van der Waals surface area contributed by atoms with Crippen LogP contribution in [0.15, 0.2) is 54.6 Å². The minimum absolute atomic E-state index is 0.246. The normalized spacial score (nSPS) is 10.7. The number of hydrogen-bond donors (Lipinski definition) is 1. The molecule has 0 aliphatic heterocycles. The van der Waals surface area contributed by atoms with Crippen molar-refractivity contribution in [3.05, 3.63) is 91.4 Å². The lowest BCUT2D eigenvalue weighted by Crippen LogP contribution is -2.02. The highest BCUT2D eigenvalue weighted by Crippen LogP contribution is 2.35. The van der Waals surface area contributed by atoms with Gasteiger partial charge in [0.25, 0.3) is 0 Å². The van der Waals surface area contributed by atoms with Gasteiger partial charge in [-0.1, -0.05) is 70.7 Å². The number of nitrogens with one attached hydrogen (secondary N) is 1. The van der Waals surface area contributed by atoms with E-state index in [9.17, 15) is 0 Å². The Morgan fingerprint density at radius 3 is 2.22 bits per heavy atom. The van der Waals surface area contributed by atoms with Crippen molar-refractivity contribution in [1.29, 1.82) is 0 Å². The van der Waals surface area contributed by atoms with Crippen molar-refractivity contribution in [3.63, 3.8) is 0 Å². The van der Waals surface area contributed by atoms with E-state index in [1.807, 2.05) is 36.4 Å². The maximum atomic E-state index is 6.39. The van der Waals surface area contributed by atoms with E-state index in [-0.39, 0.29) is 6.61 Å². The molecule has 3 aromatic rings. The van der Waals surface area contributed by atoms with E-state index in [1.165, 1.54) is 5.56 Å². The molecule has 3 aromatic carbocycles. The SMILES string of the molecule is Cc1ccccc1NCc1cc(Cl)c(OCc2ccc(Cl)cc2Cl)c(Cl)c1. The second-order valence-electron chi connectivity index (χ2n) is 6.08. The zero-order valence-corrected chi connectivity index (χ0v) is 17.6. The predicted octanol–water partition coefficient (Wildman–Crippen LogP) is 7.80. The van der Waals surface area contributed by atoms with Crippen LogP contribution in [0, 0.1) is 6.92 Å². The molecule has 0 saturated carbocycles. The molecule has 140 valence electrons. The number of para-hydroxylation sites is 1. The van der Waals surface area contributed by atoms with Crippen LogP contribution in [0.3, 0.4) is 0 Å². The summed E-state index contributed by atoms with van der Waals surface area (Å²) in [6.45, 7) is 2.91. The largest absolute Gasteiger partial charge is 0.486 e. The van der Waals surface area contributed by atoms with Gasteiger partial charge >= 0.3 is 0 Å². The first-order chi connectivity index (χ1) is 12.9. The molecule has 0 spiro atoms. The average Bonchev–Trinajstić information content (AvgIpc) is 2.62. The first-order valence-electron chi connectivity index (χ1n) is 8.28. The number of benzene rings is 3. The van der Waals surface area contributed by atoms with Crippen LogP contribution in [0.2, 0.25) is 20.1 Å². The molecule has 3 rings (SSSR count). The highest BCUT2D eigenvalue weighted by molar-refractivity contribution is 6.37. The fraction of sp³-hybridized carbons (Fsp3) is 0.143. The van der Waals surface area contributed by atoms with E-state index in [0.29, 0.717) is 32.4 Å². The lowest BCUT2D eigenvalue weighted by atomic mass is 10.1. The Hall–Kier alpha value is -1.58. The topological polar surface area (TPSA) is 21.3 Å². The summed E-state index contributed by atoms with van der Waals surface area (Å²) in [5, 5.41) is 5.40. The number of rotatable bonds is 6. The summed E-state index contributed by atoms with van der Waals surface area (Å²) in [5.74, 6) is 0.434. The van der Waals surface area contributed by atoms with Crippen molar-refractivity contribution in [2.75, 3.05) is 5.32 Å². The summed E-state index contributed by atoms with van der Waals surface area (Å²) in [6.07, 6.45) is 0. The van der Waals surface area contributed by atoms with Crippen molar-refractivity contribution >= 4 is 52.1 Å². The molecule has 0 aromatic heterocycles. The van der Waals surface area contributed by atoms with Gasteiger partial charge in [-0.25, -0.2) is 0 Å². The predicted molar refractivity (Wildman–Crippen MR) is 116 cm³/mol. The minimum Gasteiger partial charge on any atom is -0.486 e. The zero-order chi connectivity index (χ0) is 19.4. The van der Waals surface area contributed by atoms with Gasteiger partial charge in [-0.05, 0) is 48.4 Å². The summed E-state index contributed by atoms with van der Waals surface area (Å²) < 4.78 is 5.80. The monoisotopic (exact) mass is 439 g/mol. The highest BCUT2D eigenvalue weighted by Gasteiger charge is 2.12. The number of ether oxygens (including phenoxy) is 1. The molecular weight excluding hydrogens is 424 g/mol. The summed E-state index contributed by atoms with van der Waals surface area (Å²) in [5.41, 5.74) is 4.01. The van der Waals surface area contributed by atoms with E-state index < -0.39 is 0 Å². The maximum Gasteiger partial charge on any atom is 0.156 e. The van der Waals surface area contributed by atoms with Gasteiger partial charge in [0, 0.05) is 27.8 Å². The lowest BCUT2D eigenvalue weighted by molar-refractivity contribution is 0.306. The minimum atomic E-state index is 0.246. The Labute approximate surface area is 179 Å². The van der Waals surface area contributed by atoms with E-state index in [4.69, 9.17) is 51.1 Å². The van der Waals surface area contributed by atoms with Crippen molar-refractivity contribution in [3.8, 4) is 5.75 Å². The van der Waals surface area contributed by atoms with Crippen LogP contribution in [0.4, 0.5) is 5.69 Å². The van der Waals surface area contributed by atoms with E-state index in [2.05, 4.69) is 18.3 Å². The first kappa shape index (κ1) is 20.2. The van der Waals surface area contributed by atoms with Crippen LogP contribution >= 0.6 is 46.4 Å². The van der Waals surface area contributed by atoms with Gasteiger partial charge in [-0.3, -0.25) is 0 Å². The number of halogens is 4. The summed E-state index contributed by atoms with van der Waals surface area (Å²) >= 11 is 24.9. The van der Waals surface area contributed by atoms with Gasteiger partial charge in [-0.15, -0.1) is 0 Å². The molecule has 27 heavy (non-hydrogen) atoms. The molecule has 2 nitrogen and oxygen atoms in total. The molecule has 0 amide bonds. The van der Waals surface area contributed by atoms with Crippen LogP contribution in [-0.4, -0.2) is 0 Å². The van der Waals surface area contributed by atoms with Gasteiger partial charge in [-0.2, -0.15) is 0 Å². The second kappa shape index (κ2) is 9.07. The zero-order valence-electron chi connectivity index (χ0n) is 14.5. The van der Waals surface area contributed by atoms with E-state index >= 15 is 0 Å². The Balaban J connectivity index is 1.70. The molecule has 0 saturated heterocycles. The van der Waals surface area contributed by atoms with Crippen LogP contribution in [-0.2, 0) is 13.2 Å². The summed E-state index contributed by atoms with van der Waals surface area (Å²) in [6, 6.07) is 17.0. The summed E-state index contributed by atoms with van der Waals surface area (Å²) in [4.78, 5) is 0. The molecule has 0 atom stereocenters. The van der Waals surface area contributed by atoms with Crippen molar-refractivity contribution in [1.82, 2.24) is 0 Å². The van der Waals surface area contributed by atoms with E-state index in [0.717, 1.165) is 16.8 Å². The van der Waals surface area contributed by atoms with Crippen molar-refractivity contribution < 1.29 is 4.74 Å². The Bertz CT molecular complexity index is 936. The third-order valence-electron chi connectivity index (χ3n) is 4.07. The average molecular weight is 441 g/mol. The van der Waals surface area contributed by atoms with Crippen LogP contribution in [0.5, 0.6) is 5.75 Å². The fourth-order valence-electron chi connectivity index (χ4n) is 2.61. The van der Waals surface area contributed by atoms with Crippen molar-refractivity contribution in [2.24, 2.45) is 0 Å². The highest BCUT2D eigenvalue weighted by atomic mass is 35.5. The van der Waals surface area contributed by atoms with Gasteiger partial charge in [0.1, 0.15) is 6.61 Å². The van der Waals surface area contributed by atoms with E-state index in [1.54, 1.807) is 12.1 Å². The molecule has 0 aliphatic rings. The number of hydrogen-bond acceptors (Lipinski definition) is 2. The smallest absolute Gasteiger partial charge is 0.156 e. The maximum absolute atomic E-state index is 6.39. The Morgan fingerprint density at radius 1 is 0.852 bits per heavy atom. The molecule has 0 radical (unpaired) electrons. The van der Waals surface area contributed by atoms with Crippen molar-refractivity contribution in [2.45, 2.75) is 20.1 Å².